The van der Waals surface area contributed by atoms with Crippen LogP contribution in [-0.4, -0.2) is 61.5 Å². The van der Waals surface area contributed by atoms with E-state index in [9.17, 15) is 37.7 Å². The van der Waals surface area contributed by atoms with Gasteiger partial charge in [-0.25, -0.2) is 4.79 Å². The second kappa shape index (κ2) is 15.3. The van der Waals surface area contributed by atoms with Gasteiger partial charge in [0.15, 0.2) is 11.5 Å². The zero-order valence-corrected chi connectivity index (χ0v) is 28.1. The molecule has 0 saturated carbocycles. The molecule has 0 aromatic heterocycles. The normalized spacial score (nSPS) is 13.8. The molecule has 0 radical (unpaired) electrons. The highest BCUT2D eigenvalue weighted by molar-refractivity contribution is 8.18. The maximum atomic E-state index is 13.1. The van der Waals surface area contributed by atoms with Crippen LogP contribution in [0.5, 0.6) is 11.5 Å². The standard InChI is InChI=1S/C31H28ClN3O11S2/c1-4-5-12-45-30(38)22-15-20(8-10-23(22)32)33-28(36)17-34-29(37)27(47-31(34)39)14-19-7-11-25(26(13-19)44-3)46-48(42,43)21-9-6-18(2)24(16-21)35(40)41/h6-11,13-16H,4-5,12,17H2,1-3H3,(H,33,36)/b27-14-. The van der Waals surface area contributed by atoms with E-state index in [2.05, 4.69) is 5.32 Å². The molecule has 4 rings (SSSR count). The van der Waals surface area contributed by atoms with E-state index in [4.69, 9.17) is 25.3 Å². The van der Waals surface area contributed by atoms with Crippen LogP contribution in [0.2, 0.25) is 5.02 Å². The van der Waals surface area contributed by atoms with Crippen molar-refractivity contribution in [3.8, 4) is 11.5 Å². The van der Waals surface area contributed by atoms with Crippen molar-refractivity contribution in [1.82, 2.24) is 4.90 Å². The van der Waals surface area contributed by atoms with Crippen molar-refractivity contribution in [3.05, 3.63) is 91.3 Å². The lowest BCUT2D eigenvalue weighted by molar-refractivity contribution is -0.385. The van der Waals surface area contributed by atoms with Crippen LogP contribution in [0.3, 0.4) is 0 Å². The monoisotopic (exact) mass is 717 g/mol. The number of nitrogens with one attached hydrogen (secondary N) is 1. The highest BCUT2D eigenvalue weighted by atomic mass is 35.5. The Balaban J connectivity index is 1.45. The number of esters is 1. The van der Waals surface area contributed by atoms with E-state index in [1.165, 1.54) is 68.6 Å². The second-order valence-corrected chi connectivity index (χ2v) is 13.1. The lowest BCUT2D eigenvalue weighted by Crippen LogP contribution is -2.36. The Morgan fingerprint density at radius 3 is 2.52 bits per heavy atom. The zero-order valence-electron chi connectivity index (χ0n) is 25.7. The molecule has 1 saturated heterocycles. The number of carbonyl (C=O) groups excluding carboxylic acids is 4. The van der Waals surface area contributed by atoms with E-state index in [1.54, 1.807) is 0 Å². The van der Waals surface area contributed by atoms with E-state index in [0.29, 0.717) is 23.7 Å². The first-order chi connectivity index (χ1) is 22.7. The van der Waals surface area contributed by atoms with Gasteiger partial charge in [0.05, 0.1) is 34.1 Å². The molecule has 1 N–H and O–H groups in total. The number of amides is 3. The molecule has 0 unspecified atom stereocenters. The van der Waals surface area contributed by atoms with Crippen LogP contribution in [0.15, 0.2) is 64.4 Å². The topological polar surface area (TPSA) is 189 Å². The summed E-state index contributed by atoms with van der Waals surface area (Å²) in [6.07, 6.45) is 2.85. The number of aryl methyl sites for hydroxylation is 1. The third-order valence-corrected chi connectivity index (χ3v) is 9.19. The van der Waals surface area contributed by atoms with Crippen molar-refractivity contribution in [2.75, 3.05) is 25.6 Å². The van der Waals surface area contributed by atoms with Crippen LogP contribution >= 0.6 is 23.4 Å². The molecule has 3 aromatic rings. The van der Waals surface area contributed by atoms with Crippen molar-refractivity contribution >= 4 is 74.0 Å². The highest BCUT2D eigenvalue weighted by Crippen LogP contribution is 2.36. The Morgan fingerprint density at radius 1 is 1.08 bits per heavy atom. The number of ether oxygens (including phenoxy) is 2. The number of halogens is 1. The summed E-state index contributed by atoms with van der Waals surface area (Å²) in [5.74, 6) is -2.41. The molecule has 14 nitrogen and oxygen atoms in total. The number of methoxy groups -OCH3 is 1. The Labute approximate surface area is 284 Å². The van der Waals surface area contributed by atoms with Gasteiger partial charge in [0.2, 0.25) is 5.91 Å². The minimum absolute atomic E-state index is 0.0216. The Kier molecular flexibility index (Phi) is 11.5. The molecule has 252 valence electrons. The number of thioether (sulfide) groups is 1. The molecule has 3 amide bonds. The number of hydrogen-bond acceptors (Lipinski definition) is 12. The number of nitro groups is 1. The van der Waals surface area contributed by atoms with E-state index >= 15 is 0 Å². The van der Waals surface area contributed by atoms with E-state index in [-0.39, 0.29) is 44.8 Å². The lowest BCUT2D eigenvalue weighted by Gasteiger charge is -2.13. The van der Waals surface area contributed by atoms with Gasteiger partial charge in [0, 0.05) is 17.3 Å². The summed E-state index contributed by atoms with van der Waals surface area (Å²) in [6.45, 7) is 3.00. The fraction of sp³-hybridized carbons (Fsp3) is 0.226. The molecular weight excluding hydrogens is 690 g/mol. The van der Waals surface area contributed by atoms with Gasteiger partial charge in [-0.15, -0.1) is 0 Å². The van der Waals surface area contributed by atoms with E-state index in [0.717, 1.165) is 17.4 Å². The zero-order chi connectivity index (χ0) is 35.2. The number of anilines is 1. The molecule has 0 bridgehead atoms. The van der Waals surface area contributed by atoms with Gasteiger partial charge >= 0.3 is 16.1 Å². The quantitative estimate of drug-likeness (QED) is 0.0546. The molecule has 0 atom stereocenters. The molecule has 1 aliphatic heterocycles. The number of nitrogens with zero attached hydrogens (tertiary/aromatic N) is 2. The molecular formula is C31H28ClN3O11S2. The first-order valence-electron chi connectivity index (χ1n) is 14.1. The van der Waals surface area contributed by atoms with Gasteiger partial charge in [0.25, 0.3) is 16.8 Å². The van der Waals surface area contributed by atoms with Gasteiger partial charge in [0.1, 0.15) is 11.4 Å². The Morgan fingerprint density at radius 2 is 1.83 bits per heavy atom. The molecule has 3 aromatic carbocycles. The van der Waals surface area contributed by atoms with Crippen molar-refractivity contribution < 1.29 is 46.2 Å². The van der Waals surface area contributed by atoms with E-state index < -0.39 is 55.2 Å². The summed E-state index contributed by atoms with van der Waals surface area (Å²) in [5, 5.41) is 13.2. The first-order valence-corrected chi connectivity index (χ1v) is 16.7. The number of nitro benzene ring substituents is 1. The lowest BCUT2D eigenvalue weighted by atomic mass is 10.2. The van der Waals surface area contributed by atoms with Crippen LogP contribution in [0.4, 0.5) is 16.2 Å². The molecule has 0 aliphatic carbocycles. The third-order valence-electron chi connectivity index (χ3n) is 6.73. The average Bonchev–Trinajstić information content (AvgIpc) is 3.29. The number of imide groups is 1. The fourth-order valence-corrected chi connectivity index (χ4v) is 6.22. The predicted octanol–water partition coefficient (Wildman–Crippen LogP) is 5.96. The summed E-state index contributed by atoms with van der Waals surface area (Å²) in [7, 11) is -3.25. The van der Waals surface area contributed by atoms with Crippen LogP contribution in [0.25, 0.3) is 6.08 Å². The Bertz CT molecular complexity index is 1950. The van der Waals surface area contributed by atoms with Crippen LogP contribution in [0.1, 0.15) is 41.3 Å². The highest BCUT2D eigenvalue weighted by Gasteiger charge is 2.36. The number of rotatable bonds is 13. The maximum absolute atomic E-state index is 13.1. The van der Waals surface area contributed by atoms with Crippen molar-refractivity contribution in [2.24, 2.45) is 0 Å². The fourth-order valence-electron chi connectivity index (χ4n) is 4.23. The molecule has 1 heterocycles. The van der Waals surface area contributed by atoms with Crippen molar-refractivity contribution in [1.29, 1.82) is 0 Å². The van der Waals surface area contributed by atoms with Gasteiger partial charge in [-0.2, -0.15) is 8.42 Å². The minimum Gasteiger partial charge on any atom is -0.493 e. The summed E-state index contributed by atoms with van der Waals surface area (Å²) in [6, 6.07) is 11.5. The van der Waals surface area contributed by atoms with Crippen LogP contribution in [-0.2, 0) is 24.4 Å². The van der Waals surface area contributed by atoms with Gasteiger partial charge in [-0.3, -0.25) is 29.4 Å². The largest absolute Gasteiger partial charge is 0.493 e. The summed E-state index contributed by atoms with van der Waals surface area (Å²) >= 11 is 6.71. The van der Waals surface area contributed by atoms with Gasteiger partial charge in [-0.05, 0) is 73.1 Å². The average molecular weight is 718 g/mol. The molecule has 1 fully saturated rings. The number of hydrogen-bond donors (Lipinski definition) is 1. The van der Waals surface area contributed by atoms with Crippen molar-refractivity contribution in [3.63, 3.8) is 0 Å². The Hall–Kier alpha value is -4.93. The van der Waals surface area contributed by atoms with Crippen LogP contribution < -0.4 is 14.2 Å². The molecule has 48 heavy (non-hydrogen) atoms. The number of benzene rings is 3. The molecule has 17 heteroatoms. The SMILES string of the molecule is CCCCOC(=O)c1cc(NC(=O)CN2C(=O)S/C(=C\c3ccc(OS(=O)(=O)c4ccc(C)c([N+](=O)[O-])c4)c(OC)c3)C2=O)ccc1Cl. The summed E-state index contributed by atoms with van der Waals surface area (Å²) < 4.78 is 41.4. The van der Waals surface area contributed by atoms with Crippen LogP contribution in [0, 0.1) is 17.0 Å². The molecule has 0 spiro atoms. The first kappa shape index (κ1) is 35.9. The van der Waals surface area contributed by atoms with Gasteiger partial charge < -0.3 is 19.0 Å². The van der Waals surface area contributed by atoms with Crippen molar-refractivity contribution in [2.45, 2.75) is 31.6 Å². The maximum Gasteiger partial charge on any atom is 0.339 e. The second-order valence-electron chi connectivity index (χ2n) is 10.2. The smallest absolute Gasteiger partial charge is 0.339 e. The predicted molar refractivity (Wildman–Crippen MR) is 177 cm³/mol. The van der Waals surface area contributed by atoms with E-state index in [1.807, 2.05) is 6.92 Å². The third kappa shape index (κ3) is 8.50. The van der Waals surface area contributed by atoms with Gasteiger partial charge in [-0.1, -0.05) is 37.1 Å². The number of unbranched alkanes of at least 4 members (excludes halogenated alkanes) is 1. The molecule has 1 aliphatic rings. The minimum atomic E-state index is -4.50. The summed E-state index contributed by atoms with van der Waals surface area (Å²) in [4.78, 5) is 61.7. The number of carbonyl (C=O) groups is 4. The summed E-state index contributed by atoms with van der Waals surface area (Å²) in [5.41, 5.74) is 0.446.